The third kappa shape index (κ3) is 5.16. The molecular formula is C24H33N3O2S. The number of rotatable bonds is 6. The Morgan fingerprint density at radius 2 is 1.80 bits per heavy atom. The number of hydrogen-bond acceptors (Lipinski definition) is 4. The number of hydrogen-bond donors (Lipinski definition) is 0. The van der Waals surface area contributed by atoms with Crippen LogP contribution < -0.4 is 5.56 Å². The summed E-state index contributed by atoms with van der Waals surface area (Å²) in [5.41, 5.74) is 2.21. The molecule has 1 aromatic carbocycles. The summed E-state index contributed by atoms with van der Waals surface area (Å²) in [6.07, 6.45) is 3.71. The van der Waals surface area contributed by atoms with E-state index in [-0.39, 0.29) is 17.5 Å². The summed E-state index contributed by atoms with van der Waals surface area (Å²) in [6.45, 7) is 8.15. The second kappa shape index (κ2) is 9.84. The molecule has 2 aromatic rings. The first-order valence-corrected chi connectivity index (χ1v) is 11.5. The van der Waals surface area contributed by atoms with E-state index in [1.165, 1.54) is 10.5 Å². The topological polar surface area (TPSA) is 45.6 Å². The Morgan fingerprint density at radius 1 is 1.13 bits per heavy atom. The quantitative estimate of drug-likeness (QED) is 0.699. The number of carbonyl (C=O) groups excluding carboxylic acids is 1. The van der Waals surface area contributed by atoms with Gasteiger partial charge in [0.1, 0.15) is 5.56 Å². The van der Waals surface area contributed by atoms with Gasteiger partial charge in [-0.05, 0) is 71.0 Å². The first-order chi connectivity index (χ1) is 14.3. The molecule has 5 nitrogen and oxygen atoms in total. The average molecular weight is 428 g/mol. The Kier molecular flexibility index (Phi) is 7.42. The molecule has 1 aliphatic heterocycles. The van der Waals surface area contributed by atoms with Gasteiger partial charge in [0.05, 0.1) is 0 Å². The number of nitrogens with zero attached hydrogens (tertiary/aromatic N) is 3. The van der Waals surface area contributed by atoms with E-state index in [2.05, 4.69) is 36.1 Å². The van der Waals surface area contributed by atoms with Gasteiger partial charge in [0, 0.05) is 42.0 Å². The van der Waals surface area contributed by atoms with Crippen LogP contribution in [0.1, 0.15) is 47.3 Å². The molecule has 3 rings (SSSR count). The Labute approximate surface area is 184 Å². The van der Waals surface area contributed by atoms with Crippen molar-refractivity contribution >= 4 is 17.7 Å². The minimum atomic E-state index is -0.175. The highest BCUT2D eigenvalue weighted by Crippen LogP contribution is 2.32. The van der Waals surface area contributed by atoms with E-state index in [4.69, 9.17) is 0 Å². The van der Waals surface area contributed by atoms with Gasteiger partial charge < -0.3 is 14.4 Å². The van der Waals surface area contributed by atoms with E-state index >= 15 is 0 Å². The maximum Gasteiger partial charge on any atom is 0.263 e. The molecule has 30 heavy (non-hydrogen) atoms. The van der Waals surface area contributed by atoms with Crippen LogP contribution in [0.25, 0.3) is 0 Å². The maximum atomic E-state index is 13.3. The predicted molar refractivity (Wildman–Crippen MR) is 125 cm³/mol. The largest absolute Gasteiger partial charge is 0.338 e. The van der Waals surface area contributed by atoms with Gasteiger partial charge in [-0.15, -0.1) is 11.8 Å². The Bertz CT molecular complexity index is 946. The third-order valence-electron chi connectivity index (χ3n) is 5.76. The van der Waals surface area contributed by atoms with Crippen LogP contribution in [0, 0.1) is 13.8 Å². The molecule has 162 valence electrons. The molecular weight excluding hydrogens is 394 g/mol. The molecule has 0 N–H and O–H groups in total. The van der Waals surface area contributed by atoms with Crippen molar-refractivity contribution in [2.45, 2.75) is 49.8 Å². The second-order valence-corrected chi connectivity index (χ2v) is 9.91. The summed E-state index contributed by atoms with van der Waals surface area (Å²) >= 11 is 1.91. The van der Waals surface area contributed by atoms with E-state index < -0.39 is 0 Å². The van der Waals surface area contributed by atoms with Gasteiger partial charge >= 0.3 is 0 Å². The second-order valence-electron chi connectivity index (χ2n) is 8.57. The zero-order chi connectivity index (χ0) is 21.8. The Morgan fingerprint density at radius 3 is 2.43 bits per heavy atom. The lowest BCUT2D eigenvalue weighted by Crippen LogP contribution is -2.43. The number of thioether (sulfide) groups is 1. The van der Waals surface area contributed by atoms with Crippen LogP contribution in [0.2, 0.25) is 0 Å². The Hall–Kier alpha value is -2.05. The number of benzene rings is 1. The first kappa shape index (κ1) is 22.6. The Balaban J connectivity index is 1.70. The predicted octanol–water partition coefficient (Wildman–Crippen LogP) is 3.98. The fraction of sp³-hybridized carbons (Fsp3) is 0.500. The number of piperidine rings is 1. The molecule has 0 bridgehead atoms. The molecule has 1 unspecified atom stereocenters. The number of likely N-dealkylation sites (N-methyl/N-ethyl adjacent to an activating group) is 1. The molecule has 1 amide bonds. The van der Waals surface area contributed by atoms with Crippen LogP contribution in [-0.2, 0) is 0 Å². The molecule has 0 saturated carbocycles. The van der Waals surface area contributed by atoms with E-state index in [0.29, 0.717) is 23.9 Å². The SMILES string of the molecule is Cc1ccccc1SC1CCN(C(=O)c2c(C)ccn(C(C)CN(C)C)c2=O)CC1. The summed E-state index contributed by atoms with van der Waals surface area (Å²) in [4.78, 5) is 31.6. The molecule has 1 atom stereocenters. The van der Waals surface area contributed by atoms with Gasteiger partial charge in [0.25, 0.3) is 11.5 Å². The van der Waals surface area contributed by atoms with Gasteiger partial charge in [0.15, 0.2) is 0 Å². The van der Waals surface area contributed by atoms with Crippen LogP contribution in [0.5, 0.6) is 0 Å². The number of carbonyl (C=O) groups is 1. The normalized spacial score (nSPS) is 16.1. The third-order valence-corrected chi connectivity index (χ3v) is 7.28. The summed E-state index contributed by atoms with van der Waals surface area (Å²) in [5, 5.41) is 0.504. The summed E-state index contributed by atoms with van der Waals surface area (Å²) in [6, 6.07) is 10.4. The van der Waals surface area contributed by atoms with Gasteiger partial charge in [-0.1, -0.05) is 18.2 Å². The van der Waals surface area contributed by atoms with E-state index in [1.807, 2.05) is 56.9 Å². The number of pyridine rings is 1. The lowest BCUT2D eigenvalue weighted by atomic mass is 10.1. The highest BCUT2D eigenvalue weighted by atomic mass is 32.2. The van der Waals surface area contributed by atoms with Crippen LogP contribution in [0.3, 0.4) is 0 Å². The minimum Gasteiger partial charge on any atom is -0.338 e. The fourth-order valence-corrected chi connectivity index (χ4v) is 5.28. The molecule has 1 aliphatic rings. The van der Waals surface area contributed by atoms with Gasteiger partial charge in [-0.25, -0.2) is 0 Å². The molecule has 0 spiro atoms. The van der Waals surface area contributed by atoms with Crippen molar-refractivity contribution < 1.29 is 4.79 Å². The monoisotopic (exact) mass is 427 g/mol. The van der Waals surface area contributed by atoms with Crippen molar-refractivity contribution in [2.75, 3.05) is 33.7 Å². The highest BCUT2D eigenvalue weighted by molar-refractivity contribution is 8.00. The van der Waals surface area contributed by atoms with Gasteiger partial charge in [-0.2, -0.15) is 0 Å². The zero-order valence-corrected chi connectivity index (χ0v) is 19.5. The van der Waals surface area contributed by atoms with Crippen LogP contribution in [-0.4, -0.2) is 59.3 Å². The standard InChI is InChI=1S/C24H33N3O2S/c1-17-8-6-7-9-21(17)30-20-11-13-26(14-12-20)23(28)22-18(2)10-15-27(24(22)29)19(3)16-25(4)5/h6-10,15,19-20H,11-14,16H2,1-5H3. The van der Waals surface area contributed by atoms with Crippen LogP contribution in [0.4, 0.5) is 0 Å². The van der Waals surface area contributed by atoms with Crippen molar-refractivity contribution in [3.63, 3.8) is 0 Å². The molecule has 1 saturated heterocycles. The van der Waals surface area contributed by atoms with E-state index in [1.54, 1.807) is 4.57 Å². The molecule has 6 heteroatoms. The molecule has 0 radical (unpaired) electrons. The first-order valence-electron chi connectivity index (χ1n) is 10.7. The minimum absolute atomic E-state index is 0.0101. The lowest BCUT2D eigenvalue weighted by Gasteiger charge is -2.32. The zero-order valence-electron chi connectivity index (χ0n) is 18.7. The number of amides is 1. The van der Waals surface area contributed by atoms with Crippen molar-refractivity contribution in [1.82, 2.24) is 14.4 Å². The summed E-state index contributed by atoms with van der Waals surface area (Å²) in [5.74, 6) is -0.122. The fourth-order valence-electron chi connectivity index (χ4n) is 4.07. The van der Waals surface area contributed by atoms with Crippen LogP contribution >= 0.6 is 11.8 Å². The van der Waals surface area contributed by atoms with Crippen molar-refractivity contribution in [3.8, 4) is 0 Å². The maximum absolute atomic E-state index is 13.3. The van der Waals surface area contributed by atoms with Crippen molar-refractivity contribution in [2.24, 2.45) is 0 Å². The van der Waals surface area contributed by atoms with Crippen molar-refractivity contribution in [1.29, 1.82) is 0 Å². The van der Waals surface area contributed by atoms with Gasteiger partial charge in [-0.3, -0.25) is 9.59 Å². The number of likely N-dealkylation sites (tertiary alicyclic amines) is 1. The highest BCUT2D eigenvalue weighted by Gasteiger charge is 2.28. The number of aryl methyl sites for hydroxylation is 2. The average Bonchev–Trinajstić information content (AvgIpc) is 2.69. The van der Waals surface area contributed by atoms with Crippen LogP contribution in [0.15, 0.2) is 46.2 Å². The number of aromatic nitrogens is 1. The lowest BCUT2D eigenvalue weighted by molar-refractivity contribution is 0.0724. The van der Waals surface area contributed by atoms with Crippen molar-refractivity contribution in [3.05, 3.63) is 63.6 Å². The smallest absolute Gasteiger partial charge is 0.263 e. The summed E-state index contributed by atoms with van der Waals surface area (Å²) in [7, 11) is 3.97. The van der Waals surface area contributed by atoms with E-state index in [9.17, 15) is 9.59 Å². The molecule has 1 aromatic heterocycles. The molecule has 0 aliphatic carbocycles. The molecule has 1 fully saturated rings. The van der Waals surface area contributed by atoms with Gasteiger partial charge in [0.2, 0.25) is 0 Å². The molecule has 2 heterocycles. The summed E-state index contributed by atoms with van der Waals surface area (Å²) < 4.78 is 1.70. The van der Waals surface area contributed by atoms with E-state index in [0.717, 1.165) is 24.9 Å².